The number of fused-ring (bicyclic) bond motifs is 1. The summed E-state index contributed by atoms with van der Waals surface area (Å²) < 4.78 is 0. The molecule has 0 radical (unpaired) electrons. The van der Waals surface area contributed by atoms with Crippen LogP contribution < -0.4 is 5.32 Å². The maximum absolute atomic E-state index is 10.6. The summed E-state index contributed by atoms with van der Waals surface area (Å²) in [6.45, 7) is 2.09. The minimum atomic E-state index is -0.431. The Morgan fingerprint density at radius 3 is 3.15 bits per heavy atom. The molecule has 1 aliphatic rings. The van der Waals surface area contributed by atoms with E-state index in [-0.39, 0.29) is 0 Å². The van der Waals surface area contributed by atoms with Crippen molar-refractivity contribution in [3.63, 3.8) is 0 Å². The molecule has 2 heterocycles. The average molecular weight is 270 g/mol. The van der Waals surface area contributed by atoms with E-state index in [1.807, 2.05) is 35.4 Å². The molecule has 0 amide bonds. The van der Waals surface area contributed by atoms with Crippen LogP contribution in [0.5, 0.6) is 0 Å². The molecule has 0 unspecified atom stereocenters. The molecule has 0 spiro atoms. The van der Waals surface area contributed by atoms with Crippen molar-refractivity contribution in [2.75, 3.05) is 13.1 Å². The number of nitro groups is 1. The van der Waals surface area contributed by atoms with Crippen LogP contribution in [0.2, 0.25) is 0 Å². The van der Waals surface area contributed by atoms with E-state index in [0.717, 1.165) is 35.8 Å². The third kappa shape index (κ3) is 2.54. The highest BCUT2D eigenvalue weighted by Gasteiger charge is 2.19. The number of nitrogens with zero attached hydrogens (tertiary/aromatic N) is 3. The molecule has 1 N–H and O–H groups in total. The van der Waals surface area contributed by atoms with Gasteiger partial charge in [-0.05, 0) is 17.7 Å². The standard InChI is InChI=1S/C14H14N4O2/c19-18(20)10-14-15-5-6-17(14)9-11-7-12-3-1-2-4-13(12)16-8-11/h1-4,7-8,10,15H,5-6,9H2/b14-10+. The molecule has 102 valence electrons. The molecule has 1 aliphatic heterocycles. The van der Waals surface area contributed by atoms with Gasteiger partial charge in [-0.15, -0.1) is 0 Å². The van der Waals surface area contributed by atoms with E-state index >= 15 is 0 Å². The minimum absolute atomic E-state index is 0.431. The van der Waals surface area contributed by atoms with E-state index < -0.39 is 4.92 Å². The van der Waals surface area contributed by atoms with Crippen LogP contribution in [0.25, 0.3) is 10.9 Å². The Morgan fingerprint density at radius 1 is 1.45 bits per heavy atom. The number of nitrogens with one attached hydrogen (secondary N) is 1. The lowest BCUT2D eigenvalue weighted by Crippen LogP contribution is -2.20. The van der Waals surface area contributed by atoms with Crippen molar-refractivity contribution >= 4 is 10.9 Å². The minimum Gasteiger partial charge on any atom is -0.365 e. The van der Waals surface area contributed by atoms with Crippen LogP contribution in [0, 0.1) is 10.1 Å². The molecule has 1 aromatic carbocycles. The van der Waals surface area contributed by atoms with Crippen LogP contribution in [0.4, 0.5) is 0 Å². The summed E-state index contributed by atoms with van der Waals surface area (Å²) in [4.78, 5) is 16.5. The third-order valence-electron chi connectivity index (χ3n) is 3.28. The van der Waals surface area contributed by atoms with Crippen molar-refractivity contribution in [2.45, 2.75) is 6.54 Å². The summed E-state index contributed by atoms with van der Waals surface area (Å²) in [6.07, 6.45) is 2.84. The maximum atomic E-state index is 10.6. The fourth-order valence-corrected chi connectivity index (χ4v) is 2.37. The van der Waals surface area contributed by atoms with Crippen LogP contribution in [0.1, 0.15) is 5.56 Å². The van der Waals surface area contributed by atoms with Gasteiger partial charge in [0.05, 0.1) is 10.4 Å². The predicted octanol–water partition coefficient (Wildman–Crippen LogP) is 1.72. The predicted molar refractivity (Wildman–Crippen MR) is 75.2 cm³/mol. The Labute approximate surface area is 115 Å². The molecule has 0 bridgehead atoms. The molecule has 0 atom stereocenters. The number of aromatic nitrogens is 1. The second kappa shape index (κ2) is 5.16. The van der Waals surface area contributed by atoms with Crippen molar-refractivity contribution in [2.24, 2.45) is 0 Å². The SMILES string of the molecule is O=[N+]([O-])/C=C1\NCCN1Cc1cnc2ccccc2c1. The Balaban J connectivity index is 1.83. The zero-order valence-electron chi connectivity index (χ0n) is 10.8. The van der Waals surface area contributed by atoms with Gasteiger partial charge in [0.15, 0.2) is 5.82 Å². The number of rotatable bonds is 3. The summed E-state index contributed by atoms with van der Waals surface area (Å²) in [7, 11) is 0. The molecule has 20 heavy (non-hydrogen) atoms. The first-order chi connectivity index (χ1) is 9.72. The summed E-state index contributed by atoms with van der Waals surface area (Å²) in [6, 6.07) is 9.99. The number of benzene rings is 1. The Morgan fingerprint density at radius 2 is 2.30 bits per heavy atom. The first-order valence-electron chi connectivity index (χ1n) is 6.40. The lowest BCUT2D eigenvalue weighted by Gasteiger charge is -2.17. The van der Waals surface area contributed by atoms with Gasteiger partial charge in [-0.1, -0.05) is 18.2 Å². The lowest BCUT2D eigenvalue weighted by atomic mass is 10.1. The Kier molecular flexibility index (Phi) is 3.20. The fraction of sp³-hybridized carbons (Fsp3) is 0.214. The van der Waals surface area contributed by atoms with Gasteiger partial charge in [0.2, 0.25) is 0 Å². The van der Waals surface area contributed by atoms with Crippen molar-refractivity contribution < 1.29 is 4.92 Å². The largest absolute Gasteiger partial charge is 0.365 e. The number of pyridine rings is 1. The summed E-state index contributed by atoms with van der Waals surface area (Å²) in [5.74, 6) is 0.558. The van der Waals surface area contributed by atoms with Crippen LogP contribution >= 0.6 is 0 Å². The molecule has 1 aromatic heterocycles. The van der Waals surface area contributed by atoms with Crippen molar-refractivity contribution in [1.29, 1.82) is 0 Å². The number of hydrogen-bond donors (Lipinski definition) is 1. The molecule has 1 saturated heterocycles. The van der Waals surface area contributed by atoms with E-state index in [1.165, 1.54) is 0 Å². The van der Waals surface area contributed by atoms with E-state index in [2.05, 4.69) is 16.4 Å². The second-order valence-electron chi connectivity index (χ2n) is 4.68. The van der Waals surface area contributed by atoms with Gasteiger partial charge in [-0.2, -0.15) is 0 Å². The monoisotopic (exact) mass is 270 g/mol. The second-order valence-corrected chi connectivity index (χ2v) is 4.68. The van der Waals surface area contributed by atoms with Crippen LogP contribution in [0.3, 0.4) is 0 Å². The smallest absolute Gasteiger partial charge is 0.274 e. The van der Waals surface area contributed by atoms with E-state index in [1.54, 1.807) is 0 Å². The van der Waals surface area contributed by atoms with Crippen LogP contribution in [-0.2, 0) is 6.54 Å². The Bertz CT molecular complexity index is 684. The normalized spacial score (nSPS) is 16.6. The molecule has 2 aromatic rings. The average Bonchev–Trinajstić information content (AvgIpc) is 2.85. The summed E-state index contributed by atoms with van der Waals surface area (Å²) in [5.41, 5.74) is 2.00. The molecule has 6 heteroatoms. The van der Waals surface area contributed by atoms with Crippen LogP contribution in [0.15, 0.2) is 48.5 Å². The third-order valence-corrected chi connectivity index (χ3v) is 3.28. The highest BCUT2D eigenvalue weighted by atomic mass is 16.6. The van der Waals surface area contributed by atoms with Gasteiger partial charge < -0.3 is 10.2 Å². The van der Waals surface area contributed by atoms with Gasteiger partial charge >= 0.3 is 0 Å². The fourth-order valence-electron chi connectivity index (χ4n) is 2.37. The maximum Gasteiger partial charge on any atom is 0.274 e. The summed E-state index contributed by atoms with van der Waals surface area (Å²) >= 11 is 0. The van der Waals surface area contributed by atoms with Gasteiger partial charge in [0, 0.05) is 31.2 Å². The molecule has 6 nitrogen and oxygen atoms in total. The van der Waals surface area contributed by atoms with E-state index in [9.17, 15) is 10.1 Å². The van der Waals surface area contributed by atoms with E-state index in [4.69, 9.17) is 0 Å². The molecule has 1 fully saturated rings. The first kappa shape index (κ1) is 12.4. The van der Waals surface area contributed by atoms with Gasteiger partial charge in [-0.25, -0.2) is 0 Å². The van der Waals surface area contributed by atoms with Crippen molar-refractivity contribution in [3.05, 3.63) is 64.2 Å². The van der Waals surface area contributed by atoms with Crippen molar-refractivity contribution in [1.82, 2.24) is 15.2 Å². The van der Waals surface area contributed by atoms with Crippen molar-refractivity contribution in [3.8, 4) is 0 Å². The highest BCUT2D eigenvalue weighted by molar-refractivity contribution is 5.78. The van der Waals surface area contributed by atoms with Gasteiger partial charge in [0.1, 0.15) is 0 Å². The first-order valence-corrected chi connectivity index (χ1v) is 6.40. The quantitative estimate of drug-likeness (QED) is 0.679. The van der Waals surface area contributed by atoms with E-state index in [0.29, 0.717) is 12.4 Å². The summed E-state index contributed by atoms with van der Waals surface area (Å²) in [5, 5.41) is 14.7. The molecule has 3 rings (SSSR count). The van der Waals surface area contributed by atoms with Gasteiger partial charge in [0.25, 0.3) is 6.20 Å². The lowest BCUT2D eigenvalue weighted by molar-refractivity contribution is -0.404. The van der Waals surface area contributed by atoms with Crippen LogP contribution in [-0.4, -0.2) is 27.9 Å². The molecule has 0 aliphatic carbocycles. The number of para-hydroxylation sites is 1. The number of hydrogen-bond acceptors (Lipinski definition) is 5. The molecular formula is C14H14N4O2. The molecular weight excluding hydrogens is 256 g/mol. The Hall–Kier alpha value is -2.63. The zero-order valence-corrected chi connectivity index (χ0v) is 10.8. The highest BCUT2D eigenvalue weighted by Crippen LogP contribution is 2.17. The molecule has 0 saturated carbocycles. The topological polar surface area (TPSA) is 71.3 Å². The zero-order chi connectivity index (χ0) is 13.9. The van der Waals surface area contributed by atoms with Gasteiger partial charge in [-0.3, -0.25) is 15.1 Å².